The smallest absolute Gasteiger partial charge is 0.251 e. The minimum atomic E-state index is -0.0448. The fraction of sp³-hybridized carbons (Fsp3) is 0.276. The third kappa shape index (κ3) is 5.40. The average molecular weight is 485 g/mol. The number of nitrogens with zero attached hydrogens (tertiary/aromatic N) is 2. The van der Waals surface area contributed by atoms with E-state index in [0.29, 0.717) is 29.4 Å². The lowest BCUT2D eigenvalue weighted by Gasteiger charge is -2.18. The lowest BCUT2D eigenvalue weighted by Crippen LogP contribution is -2.23. The Labute approximate surface area is 211 Å². The summed E-state index contributed by atoms with van der Waals surface area (Å²) in [6, 6.07) is 19.8. The fourth-order valence-corrected chi connectivity index (χ4v) is 4.11. The molecule has 1 aromatic heterocycles. The van der Waals surface area contributed by atoms with Crippen molar-refractivity contribution in [2.75, 3.05) is 26.1 Å². The first-order chi connectivity index (χ1) is 17.4. The van der Waals surface area contributed by atoms with Gasteiger partial charge in [0.05, 0.1) is 19.7 Å². The van der Waals surface area contributed by atoms with E-state index in [-0.39, 0.29) is 11.9 Å². The number of hydrogen-bond acceptors (Lipinski definition) is 6. The van der Waals surface area contributed by atoms with Crippen molar-refractivity contribution in [1.82, 2.24) is 15.3 Å². The Hall–Kier alpha value is -4.13. The van der Waals surface area contributed by atoms with Gasteiger partial charge in [0.2, 0.25) is 0 Å². The second kappa shape index (κ2) is 11.1. The molecule has 36 heavy (non-hydrogen) atoms. The summed E-state index contributed by atoms with van der Waals surface area (Å²) in [6.45, 7) is 6.69. The molecule has 4 rings (SSSR count). The third-order valence-corrected chi connectivity index (χ3v) is 6.07. The molecular weight excluding hydrogens is 452 g/mol. The average Bonchev–Trinajstić information content (AvgIpc) is 2.91. The van der Waals surface area contributed by atoms with E-state index in [1.165, 1.54) is 0 Å². The highest BCUT2D eigenvalue weighted by molar-refractivity contribution is 5.94. The minimum Gasteiger partial charge on any atom is -0.493 e. The summed E-state index contributed by atoms with van der Waals surface area (Å²) in [5.74, 6) is 2.61. The standard InChI is InChI=1S/C29H32N4O3/c1-6-14-30-29(34)21-12-10-20(11-13-21)23-9-7-8-22(15-23)18(2)31-28-24-16-26(35-4)27(36-5)17-25(24)32-19(3)33-28/h7-13,15-18H,6,14H2,1-5H3,(H,30,34)(H,31,32,33)/t18-/m1/s1. The summed E-state index contributed by atoms with van der Waals surface area (Å²) in [5, 5.41) is 7.32. The van der Waals surface area contributed by atoms with Crippen LogP contribution in [0.1, 0.15) is 48.1 Å². The van der Waals surface area contributed by atoms with Crippen LogP contribution in [0.5, 0.6) is 11.5 Å². The SMILES string of the molecule is CCCNC(=O)c1ccc(-c2cccc([C@@H](C)Nc3nc(C)nc4cc(OC)c(OC)cc34)c2)cc1. The van der Waals surface area contributed by atoms with Crippen LogP contribution < -0.4 is 20.1 Å². The van der Waals surface area contributed by atoms with Gasteiger partial charge in [-0.1, -0.05) is 37.3 Å². The number of methoxy groups -OCH3 is 2. The second-order valence-electron chi connectivity index (χ2n) is 8.67. The van der Waals surface area contributed by atoms with Crippen LogP contribution in [0.4, 0.5) is 5.82 Å². The van der Waals surface area contributed by atoms with Crippen molar-refractivity contribution in [2.24, 2.45) is 0 Å². The number of hydrogen-bond donors (Lipinski definition) is 2. The van der Waals surface area contributed by atoms with Crippen molar-refractivity contribution in [3.8, 4) is 22.6 Å². The summed E-state index contributed by atoms with van der Waals surface area (Å²) in [4.78, 5) is 21.5. The van der Waals surface area contributed by atoms with Crippen LogP contribution in [0.3, 0.4) is 0 Å². The predicted molar refractivity (Wildman–Crippen MR) is 144 cm³/mol. The molecule has 0 aliphatic carbocycles. The summed E-state index contributed by atoms with van der Waals surface area (Å²) in [6.07, 6.45) is 0.912. The molecule has 0 aliphatic rings. The molecule has 0 saturated carbocycles. The topological polar surface area (TPSA) is 85.4 Å². The number of rotatable bonds is 9. The van der Waals surface area contributed by atoms with Crippen molar-refractivity contribution in [3.05, 3.63) is 77.6 Å². The molecule has 0 bridgehead atoms. The maximum absolute atomic E-state index is 12.2. The lowest BCUT2D eigenvalue weighted by atomic mass is 9.99. The fourth-order valence-electron chi connectivity index (χ4n) is 4.11. The van der Waals surface area contributed by atoms with Crippen molar-refractivity contribution < 1.29 is 14.3 Å². The summed E-state index contributed by atoms with van der Waals surface area (Å²) in [7, 11) is 3.23. The van der Waals surface area contributed by atoms with Gasteiger partial charge in [0.1, 0.15) is 11.6 Å². The van der Waals surface area contributed by atoms with E-state index in [9.17, 15) is 4.79 Å². The Morgan fingerprint density at radius 3 is 2.36 bits per heavy atom. The molecule has 0 spiro atoms. The molecule has 4 aromatic rings. The van der Waals surface area contributed by atoms with Gasteiger partial charge in [-0.15, -0.1) is 0 Å². The zero-order valence-electron chi connectivity index (χ0n) is 21.4. The summed E-state index contributed by atoms with van der Waals surface area (Å²) >= 11 is 0. The van der Waals surface area contributed by atoms with Crippen LogP contribution in [0.2, 0.25) is 0 Å². The number of benzene rings is 3. The van der Waals surface area contributed by atoms with E-state index in [1.807, 2.05) is 56.3 Å². The van der Waals surface area contributed by atoms with Gasteiger partial charge >= 0.3 is 0 Å². The molecule has 1 atom stereocenters. The van der Waals surface area contributed by atoms with E-state index in [4.69, 9.17) is 9.47 Å². The molecule has 0 fully saturated rings. The zero-order chi connectivity index (χ0) is 25.7. The lowest BCUT2D eigenvalue weighted by molar-refractivity contribution is 0.0953. The van der Waals surface area contributed by atoms with Gasteiger partial charge in [-0.2, -0.15) is 0 Å². The Bertz CT molecular complexity index is 1370. The van der Waals surface area contributed by atoms with E-state index in [1.54, 1.807) is 14.2 Å². The molecule has 3 aromatic carbocycles. The first-order valence-electron chi connectivity index (χ1n) is 12.1. The van der Waals surface area contributed by atoms with Gasteiger partial charge in [-0.25, -0.2) is 9.97 Å². The first kappa shape index (κ1) is 25.0. The molecule has 1 amide bonds. The van der Waals surface area contributed by atoms with Crippen LogP contribution >= 0.6 is 0 Å². The maximum Gasteiger partial charge on any atom is 0.251 e. The highest BCUT2D eigenvalue weighted by Gasteiger charge is 2.15. The van der Waals surface area contributed by atoms with Gasteiger partial charge in [-0.05, 0) is 61.2 Å². The highest BCUT2D eigenvalue weighted by atomic mass is 16.5. The van der Waals surface area contributed by atoms with Gasteiger partial charge in [0.25, 0.3) is 5.91 Å². The van der Waals surface area contributed by atoms with Crippen LogP contribution in [0.25, 0.3) is 22.0 Å². The maximum atomic E-state index is 12.2. The van der Waals surface area contributed by atoms with E-state index in [0.717, 1.165) is 39.8 Å². The minimum absolute atomic E-state index is 0.0189. The molecule has 7 nitrogen and oxygen atoms in total. The van der Waals surface area contributed by atoms with Gasteiger partial charge in [0.15, 0.2) is 11.5 Å². The quantitative estimate of drug-likeness (QED) is 0.306. The number of ether oxygens (including phenoxy) is 2. The third-order valence-electron chi connectivity index (χ3n) is 6.07. The molecule has 7 heteroatoms. The Kier molecular flexibility index (Phi) is 7.68. The van der Waals surface area contributed by atoms with Crippen LogP contribution in [-0.2, 0) is 0 Å². The molecule has 0 radical (unpaired) electrons. The molecule has 0 aliphatic heterocycles. The Morgan fingerprint density at radius 1 is 0.944 bits per heavy atom. The summed E-state index contributed by atoms with van der Waals surface area (Å²) in [5.41, 5.74) is 4.69. The van der Waals surface area contributed by atoms with Gasteiger partial charge in [-0.3, -0.25) is 4.79 Å². The number of carbonyl (C=O) groups excluding carboxylic acids is 1. The zero-order valence-corrected chi connectivity index (χ0v) is 21.4. The first-order valence-corrected chi connectivity index (χ1v) is 12.1. The number of anilines is 1. The molecule has 1 heterocycles. The normalized spacial score (nSPS) is 11.7. The number of carbonyl (C=O) groups is 1. The van der Waals surface area contributed by atoms with Gasteiger partial charge < -0.3 is 20.1 Å². The molecule has 0 saturated heterocycles. The molecule has 0 unspecified atom stereocenters. The largest absolute Gasteiger partial charge is 0.493 e. The van der Waals surface area contributed by atoms with Crippen molar-refractivity contribution >= 4 is 22.6 Å². The van der Waals surface area contributed by atoms with Crippen LogP contribution in [0, 0.1) is 6.92 Å². The van der Waals surface area contributed by atoms with E-state index in [2.05, 4.69) is 45.7 Å². The molecule has 2 N–H and O–H groups in total. The second-order valence-corrected chi connectivity index (χ2v) is 8.67. The Balaban J connectivity index is 1.59. The molecular formula is C29H32N4O3. The van der Waals surface area contributed by atoms with Crippen molar-refractivity contribution in [2.45, 2.75) is 33.2 Å². The molecule has 186 valence electrons. The Morgan fingerprint density at radius 2 is 1.67 bits per heavy atom. The van der Waals surface area contributed by atoms with Crippen LogP contribution in [-0.4, -0.2) is 36.6 Å². The van der Waals surface area contributed by atoms with Crippen molar-refractivity contribution in [1.29, 1.82) is 0 Å². The predicted octanol–water partition coefficient (Wildman–Crippen LogP) is 5.94. The van der Waals surface area contributed by atoms with Crippen LogP contribution in [0.15, 0.2) is 60.7 Å². The number of amides is 1. The number of nitrogens with one attached hydrogen (secondary N) is 2. The summed E-state index contributed by atoms with van der Waals surface area (Å²) < 4.78 is 10.9. The number of fused-ring (bicyclic) bond motifs is 1. The monoisotopic (exact) mass is 484 g/mol. The van der Waals surface area contributed by atoms with Crippen molar-refractivity contribution in [3.63, 3.8) is 0 Å². The van der Waals surface area contributed by atoms with E-state index < -0.39 is 0 Å². The van der Waals surface area contributed by atoms with Gasteiger partial charge in [0, 0.05) is 29.6 Å². The number of aryl methyl sites for hydroxylation is 1. The number of aromatic nitrogens is 2. The van der Waals surface area contributed by atoms with E-state index >= 15 is 0 Å². The highest BCUT2D eigenvalue weighted by Crippen LogP contribution is 2.35.